The number of unbranched alkanes of at least 4 members (excludes halogenated alkanes) is 9. The Kier molecular flexibility index (Phi) is 30.4. The van der Waals surface area contributed by atoms with Crippen molar-refractivity contribution in [2.24, 2.45) is 0 Å². The van der Waals surface area contributed by atoms with E-state index in [1.165, 1.54) is 6.42 Å². The molecule has 0 aromatic carbocycles. The van der Waals surface area contributed by atoms with Crippen LogP contribution in [0.15, 0.2) is 72.9 Å². The topological polar surface area (TPSA) is 149 Å². The number of hydrogen-bond donors (Lipinski definition) is 6. The van der Waals surface area contributed by atoms with Crippen molar-refractivity contribution in [2.45, 2.75) is 179 Å². The molecule has 298 valence electrons. The predicted octanol–water partition coefficient (Wildman–Crippen LogP) is 7.44. The van der Waals surface area contributed by atoms with Crippen LogP contribution < -0.4 is 5.32 Å². The van der Waals surface area contributed by atoms with Gasteiger partial charge in [-0.05, 0) is 64.2 Å². The number of aliphatic hydroxyl groups excluding tert-OH is 5. The van der Waals surface area contributed by atoms with Crippen LogP contribution in [-0.4, -0.2) is 87.5 Å². The van der Waals surface area contributed by atoms with E-state index in [9.17, 15) is 30.3 Å². The first kappa shape index (κ1) is 47.7. The molecule has 1 fully saturated rings. The monoisotopic (exact) mass is 732 g/mol. The molecule has 9 nitrogen and oxygen atoms in total. The molecule has 6 N–H and O–H groups in total. The second-order valence-corrected chi connectivity index (χ2v) is 13.7. The van der Waals surface area contributed by atoms with Crippen molar-refractivity contribution in [2.75, 3.05) is 13.2 Å². The molecular weight excluding hydrogens is 658 g/mol. The van der Waals surface area contributed by atoms with Gasteiger partial charge in [-0.2, -0.15) is 0 Å². The average molecular weight is 732 g/mol. The van der Waals surface area contributed by atoms with E-state index in [0.29, 0.717) is 12.8 Å². The van der Waals surface area contributed by atoms with Gasteiger partial charge in [-0.1, -0.05) is 138 Å². The van der Waals surface area contributed by atoms with Crippen LogP contribution in [0.25, 0.3) is 0 Å². The number of ether oxygens (including phenoxy) is 2. The Morgan fingerprint density at radius 2 is 1.19 bits per heavy atom. The van der Waals surface area contributed by atoms with E-state index in [4.69, 9.17) is 9.47 Å². The average Bonchev–Trinajstić information content (AvgIpc) is 3.14. The highest BCUT2D eigenvalue weighted by atomic mass is 16.7. The molecule has 0 aliphatic carbocycles. The Balaban J connectivity index is 2.30. The zero-order valence-corrected chi connectivity index (χ0v) is 32.3. The normalized spacial score (nSPS) is 22.6. The van der Waals surface area contributed by atoms with Crippen LogP contribution in [0.4, 0.5) is 0 Å². The van der Waals surface area contributed by atoms with Crippen molar-refractivity contribution in [1.29, 1.82) is 0 Å². The quantitative estimate of drug-likeness (QED) is 0.0319. The number of nitrogens with one attached hydrogen (secondary N) is 1. The molecule has 0 bridgehead atoms. The summed E-state index contributed by atoms with van der Waals surface area (Å²) in [4.78, 5) is 12.8. The number of allylic oxidation sites excluding steroid dienone is 12. The minimum Gasteiger partial charge on any atom is -0.394 e. The smallest absolute Gasteiger partial charge is 0.220 e. The van der Waals surface area contributed by atoms with Crippen LogP contribution >= 0.6 is 0 Å². The number of hydrogen-bond acceptors (Lipinski definition) is 8. The van der Waals surface area contributed by atoms with E-state index < -0.39 is 49.5 Å². The molecular formula is C43H73NO8. The number of amides is 1. The summed E-state index contributed by atoms with van der Waals surface area (Å²) in [5.41, 5.74) is 0. The van der Waals surface area contributed by atoms with Crippen molar-refractivity contribution >= 4 is 5.91 Å². The van der Waals surface area contributed by atoms with Crippen molar-refractivity contribution < 1.29 is 39.8 Å². The first-order valence-electron chi connectivity index (χ1n) is 20.1. The van der Waals surface area contributed by atoms with E-state index in [0.717, 1.165) is 103 Å². The maximum atomic E-state index is 12.8. The summed E-state index contributed by atoms with van der Waals surface area (Å²) in [7, 11) is 0. The van der Waals surface area contributed by atoms with Crippen molar-refractivity contribution in [3.63, 3.8) is 0 Å². The lowest BCUT2D eigenvalue weighted by Crippen LogP contribution is -2.60. The summed E-state index contributed by atoms with van der Waals surface area (Å²) in [5.74, 6) is -0.179. The fraction of sp³-hybridized carbons (Fsp3) is 0.698. The highest BCUT2D eigenvalue weighted by Gasteiger charge is 2.44. The van der Waals surface area contributed by atoms with Gasteiger partial charge in [0.2, 0.25) is 5.91 Å². The summed E-state index contributed by atoms with van der Waals surface area (Å²) in [6.07, 6.45) is 36.5. The second kappa shape index (κ2) is 33.2. The third kappa shape index (κ3) is 24.0. The highest BCUT2D eigenvalue weighted by Crippen LogP contribution is 2.22. The molecule has 1 aliphatic rings. The lowest BCUT2D eigenvalue weighted by Gasteiger charge is -2.40. The Morgan fingerprint density at radius 1 is 0.673 bits per heavy atom. The molecule has 0 saturated carbocycles. The molecule has 1 amide bonds. The molecule has 1 rings (SSSR count). The van der Waals surface area contributed by atoms with Gasteiger partial charge in [0.1, 0.15) is 24.4 Å². The zero-order chi connectivity index (χ0) is 38.1. The molecule has 1 saturated heterocycles. The molecule has 1 aliphatic heterocycles. The van der Waals surface area contributed by atoms with Gasteiger partial charge >= 0.3 is 0 Å². The van der Waals surface area contributed by atoms with E-state index in [1.54, 1.807) is 0 Å². The summed E-state index contributed by atoms with van der Waals surface area (Å²) in [5, 5.41) is 53.8. The Labute approximate surface area is 315 Å². The summed E-state index contributed by atoms with van der Waals surface area (Å²) >= 11 is 0. The number of rotatable bonds is 31. The Bertz CT molecular complexity index is 1040. The third-order valence-corrected chi connectivity index (χ3v) is 9.07. The van der Waals surface area contributed by atoms with Gasteiger partial charge in [-0.15, -0.1) is 0 Å². The first-order valence-corrected chi connectivity index (χ1v) is 20.1. The number of carbonyl (C=O) groups is 1. The van der Waals surface area contributed by atoms with Gasteiger partial charge in [0.25, 0.3) is 0 Å². The van der Waals surface area contributed by atoms with E-state index in [1.807, 2.05) is 0 Å². The molecule has 0 aromatic heterocycles. The third-order valence-electron chi connectivity index (χ3n) is 9.07. The molecule has 9 heteroatoms. The lowest BCUT2D eigenvalue weighted by atomic mass is 9.99. The maximum Gasteiger partial charge on any atom is 0.220 e. The van der Waals surface area contributed by atoms with Crippen molar-refractivity contribution in [3.05, 3.63) is 72.9 Å². The zero-order valence-electron chi connectivity index (χ0n) is 32.3. The van der Waals surface area contributed by atoms with Crippen LogP contribution in [0.5, 0.6) is 0 Å². The van der Waals surface area contributed by atoms with Crippen LogP contribution in [0.1, 0.15) is 136 Å². The minimum atomic E-state index is -1.56. The van der Waals surface area contributed by atoms with Gasteiger partial charge in [-0.25, -0.2) is 0 Å². The van der Waals surface area contributed by atoms with Crippen LogP contribution in [0.2, 0.25) is 0 Å². The van der Waals surface area contributed by atoms with Crippen LogP contribution in [0, 0.1) is 0 Å². The number of aliphatic hydroxyl groups is 5. The molecule has 52 heavy (non-hydrogen) atoms. The first-order chi connectivity index (χ1) is 25.3. The van der Waals surface area contributed by atoms with Crippen molar-refractivity contribution in [3.8, 4) is 0 Å². The molecule has 7 unspecified atom stereocenters. The largest absolute Gasteiger partial charge is 0.394 e. The van der Waals surface area contributed by atoms with Crippen molar-refractivity contribution in [1.82, 2.24) is 5.32 Å². The van der Waals surface area contributed by atoms with E-state index in [-0.39, 0.29) is 12.5 Å². The minimum absolute atomic E-state index is 0.155. The SMILES string of the molecule is CC/C=C\C/C=C\C/C=C\C/C=C\C/C=C\C/C=C\CCCCCCC(=O)NC(COC1OC(CO)C(O)C(O)C1O)C(O)CCCCCCCC. The molecule has 1 heterocycles. The van der Waals surface area contributed by atoms with Crippen LogP contribution in [0.3, 0.4) is 0 Å². The summed E-state index contributed by atoms with van der Waals surface area (Å²) < 4.78 is 11.1. The summed E-state index contributed by atoms with van der Waals surface area (Å²) in [6.45, 7) is 3.60. The maximum absolute atomic E-state index is 12.8. The summed E-state index contributed by atoms with van der Waals surface area (Å²) in [6, 6.07) is -0.733. The fourth-order valence-corrected chi connectivity index (χ4v) is 5.81. The molecule has 7 atom stereocenters. The Hall–Kier alpha value is -2.37. The van der Waals surface area contributed by atoms with Gasteiger partial charge in [0, 0.05) is 6.42 Å². The van der Waals surface area contributed by atoms with Gasteiger partial charge < -0.3 is 40.3 Å². The fourth-order valence-electron chi connectivity index (χ4n) is 5.81. The lowest BCUT2D eigenvalue weighted by molar-refractivity contribution is -0.302. The van der Waals surface area contributed by atoms with E-state index in [2.05, 4.69) is 92.1 Å². The second-order valence-electron chi connectivity index (χ2n) is 13.7. The van der Waals surface area contributed by atoms with Gasteiger partial charge in [-0.3, -0.25) is 4.79 Å². The van der Waals surface area contributed by atoms with Crippen LogP contribution in [-0.2, 0) is 14.3 Å². The predicted molar refractivity (Wildman–Crippen MR) is 212 cm³/mol. The Morgan fingerprint density at radius 3 is 1.77 bits per heavy atom. The number of carbonyl (C=O) groups excluding carboxylic acids is 1. The van der Waals surface area contributed by atoms with Gasteiger partial charge in [0.15, 0.2) is 6.29 Å². The van der Waals surface area contributed by atoms with E-state index >= 15 is 0 Å². The highest BCUT2D eigenvalue weighted by molar-refractivity contribution is 5.76. The molecule has 0 spiro atoms. The van der Waals surface area contributed by atoms with Gasteiger partial charge in [0.05, 0.1) is 25.4 Å². The molecule has 0 radical (unpaired) electrons. The molecule has 0 aromatic rings. The standard InChI is InChI=1S/C43H73NO8/c1-3-5-7-9-11-12-13-14-15-16-17-18-19-20-21-22-23-24-25-26-27-29-31-33-39(47)44-36(37(46)32-30-28-10-8-6-4-2)35-51-43-42(50)41(49)40(48)38(34-45)52-43/h5,7,11-12,14-15,17-18,20-21,23-24,36-38,40-43,45-46,48-50H,3-4,6,8-10,13,16,19,22,25-35H2,1-2H3,(H,44,47)/b7-5-,12-11-,15-14-,18-17-,21-20-,24-23-.